The monoisotopic (exact) mass is 711 g/mol. The number of hydrogen-bond acceptors (Lipinski definition) is 4. The van der Waals surface area contributed by atoms with Gasteiger partial charge in [0.2, 0.25) is 0 Å². The van der Waals surface area contributed by atoms with Crippen LogP contribution in [0.5, 0.6) is 5.75 Å². The van der Waals surface area contributed by atoms with Gasteiger partial charge in [0.1, 0.15) is 11.4 Å². The summed E-state index contributed by atoms with van der Waals surface area (Å²) in [6, 6.07) is 12.9. The van der Waals surface area contributed by atoms with Gasteiger partial charge in [0.25, 0.3) is 5.91 Å². The minimum Gasteiger partial charge on any atom is -0.494 e. The summed E-state index contributed by atoms with van der Waals surface area (Å²) in [6.07, 6.45) is 3.91. The van der Waals surface area contributed by atoms with Crippen LogP contribution in [0.1, 0.15) is 61.8 Å². The zero-order valence-electron chi connectivity index (χ0n) is 29.0. The molecule has 0 saturated heterocycles. The van der Waals surface area contributed by atoms with Gasteiger partial charge in [-0.1, -0.05) is 29.3 Å². The average molecular weight is 713 g/mol. The Bertz CT molecular complexity index is 2340. The molecule has 0 saturated carbocycles. The number of halogens is 2. The second-order valence-electron chi connectivity index (χ2n) is 13.3. The van der Waals surface area contributed by atoms with Crippen LogP contribution < -0.4 is 9.64 Å². The zero-order chi connectivity index (χ0) is 35.6. The van der Waals surface area contributed by atoms with Gasteiger partial charge in [0.05, 0.1) is 39.6 Å². The lowest BCUT2D eigenvalue weighted by Crippen LogP contribution is -2.31. The lowest BCUT2D eigenvalue weighted by Gasteiger charge is -2.20. The van der Waals surface area contributed by atoms with Crippen molar-refractivity contribution < 1.29 is 19.4 Å². The van der Waals surface area contributed by atoms with E-state index in [0.29, 0.717) is 49.7 Å². The van der Waals surface area contributed by atoms with Gasteiger partial charge in [0.15, 0.2) is 0 Å². The van der Waals surface area contributed by atoms with Crippen LogP contribution in [-0.4, -0.2) is 49.0 Å². The van der Waals surface area contributed by atoms with E-state index < -0.39 is 5.97 Å². The molecule has 3 aromatic carbocycles. The number of amides is 1. The Kier molecular flexibility index (Phi) is 8.68. The van der Waals surface area contributed by atoms with E-state index >= 15 is 0 Å². The number of aromatic nitrogens is 4. The number of carboxylic acid groups (broad SMARTS) is 1. The predicted molar refractivity (Wildman–Crippen MR) is 200 cm³/mol. The maximum atomic E-state index is 15.0. The van der Waals surface area contributed by atoms with E-state index in [4.69, 9.17) is 33.0 Å². The first kappa shape index (κ1) is 33.8. The smallest absolute Gasteiger partial charge is 0.335 e. The number of aromatic carboxylic acids is 1. The van der Waals surface area contributed by atoms with Crippen LogP contribution in [0.4, 0.5) is 5.69 Å². The van der Waals surface area contributed by atoms with Crippen molar-refractivity contribution in [2.45, 2.75) is 53.5 Å². The van der Waals surface area contributed by atoms with Gasteiger partial charge in [-0.15, -0.1) is 0 Å². The van der Waals surface area contributed by atoms with Crippen LogP contribution in [0, 0.1) is 27.7 Å². The largest absolute Gasteiger partial charge is 0.494 e. The number of ether oxygens (including phenoxy) is 1. The minimum atomic E-state index is -0.992. The Morgan fingerprint density at radius 1 is 0.960 bits per heavy atom. The van der Waals surface area contributed by atoms with E-state index in [1.807, 2.05) is 86.4 Å². The van der Waals surface area contributed by atoms with E-state index in [9.17, 15) is 14.7 Å². The van der Waals surface area contributed by atoms with Gasteiger partial charge in [-0.05, 0) is 100 Å². The zero-order valence-corrected chi connectivity index (χ0v) is 30.5. The molecule has 0 unspecified atom stereocenters. The lowest BCUT2D eigenvalue weighted by molar-refractivity contribution is 0.0696. The third-order valence-corrected chi connectivity index (χ3v) is 10.9. The normalized spacial score (nSPS) is 13.4. The Morgan fingerprint density at radius 3 is 2.36 bits per heavy atom. The van der Waals surface area contributed by atoms with E-state index in [1.54, 1.807) is 18.2 Å². The van der Waals surface area contributed by atoms with E-state index in [-0.39, 0.29) is 11.5 Å². The van der Waals surface area contributed by atoms with E-state index in [0.717, 1.165) is 77.5 Å². The summed E-state index contributed by atoms with van der Waals surface area (Å²) in [5.41, 5.74) is 9.89. The van der Waals surface area contributed by atoms with E-state index in [1.165, 1.54) is 0 Å². The maximum absolute atomic E-state index is 15.0. The number of carbonyl (C=O) groups is 2. The van der Waals surface area contributed by atoms with Crippen LogP contribution in [0.2, 0.25) is 10.0 Å². The molecule has 11 heteroatoms. The van der Waals surface area contributed by atoms with Crippen LogP contribution in [0.3, 0.4) is 0 Å². The molecule has 1 amide bonds. The molecule has 3 aromatic heterocycles. The van der Waals surface area contributed by atoms with Crippen molar-refractivity contribution in [3.05, 3.63) is 98.0 Å². The standard InChI is InChI=1S/C39H39Cl2N5O4/c1-21-17-26(18-22(2)35(21)41)50-16-7-9-27-28-12-13-30(40)34(33-23(3)42-44(6)24(33)4)36(28)46-15-8-14-45(38(47)37(27)46)32-20-43(5)31-19-25(39(48)49)10-11-29(31)32/h10-13,17-20H,7-9,14-16H2,1-6H3,(H,48,49). The lowest BCUT2D eigenvalue weighted by atomic mass is 9.98. The number of nitrogens with zero attached hydrogens (tertiary/aromatic N) is 5. The SMILES string of the molecule is Cc1cc(OCCCc2c3n(c4c(-c5c(C)nn(C)c5C)c(Cl)ccc24)CCCN(c2cn(C)c4cc(C(=O)O)ccc24)C3=O)cc(C)c1Cl. The minimum absolute atomic E-state index is 0.102. The molecular weight excluding hydrogens is 673 g/mol. The summed E-state index contributed by atoms with van der Waals surface area (Å²) in [5.74, 6) is -0.325. The average Bonchev–Trinajstić information content (AvgIpc) is 3.61. The summed E-state index contributed by atoms with van der Waals surface area (Å²) < 4.78 is 12.1. The van der Waals surface area contributed by atoms with Crippen LogP contribution in [0.15, 0.2) is 48.7 Å². The van der Waals surface area contributed by atoms with Crippen LogP contribution in [0.25, 0.3) is 32.9 Å². The van der Waals surface area contributed by atoms with Gasteiger partial charge >= 0.3 is 5.97 Å². The summed E-state index contributed by atoms with van der Waals surface area (Å²) in [6.45, 7) is 9.55. The molecule has 258 valence electrons. The number of hydrogen-bond donors (Lipinski definition) is 1. The van der Waals surface area contributed by atoms with Crippen molar-refractivity contribution >= 4 is 62.6 Å². The molecule has 0 radical (unpaired) electrons. The first-order chi connectivity index (χ1) is 23.9. The number of benzene rings is 3. The fourth-order valence-electron chi connectivity index (χ4n) is 7.57. The topological polar surface area (TPSA) is 94.5 Å². The summed E-state index contributed by atoms with van der Waals surface area (Å²) in [4.78, 5) is 28.6. The summed E-state index contributed by atoms with van der Waals surface area (Å²) in [5, 5.41) is 17.5. The van der Waals surface area contributed by atoms with Gasteiger partial charge in [-0.25, -0.2) is 4.79 Å². The Hall–Kier alpha value is -4.73. The molecule has 0 atom stereocenters. The van der Waals surface area contributed by atoms with Gasteiger partial charge in [-0.3, -0.25) is 9.48 Å². The number of carbonyl (C=O) groups excluding carboxylic acids is 1. The molecule has 1 N–H and O–H groups in total. The molecule has 0 fully saturated rings. The highest BCUT2D eigenvalue weighted by Gasteiger charge is 2.33. The number of rotatable bonds is 8. The fourth-order valence-corrected chi connectivity index (χ4v) is 7.93. The second-order valence-corrected chi connectivity index (χ2v) is 14.0. The maximum Gasteiger partial charge on any atom is 0.335 e. The first-order valence-electron chi connectivity index (χ1n) is 16.7. The van der Waals surface area contributed by atoms with Crippen molar-refractivity contribution in [3.63, 3.8) is 0 Å². The first-order valence-corrected chi connectivity index (χ1v) is 17.5. The summed E-state index contributed by atoms with van der Waals surface area (Å²) >= 11 is 13.5. The highest BCUT2D eigenvalue weighted by molar-refractivity contribution is 6.35. The molecule has 9 nitrogen and oxygen atoms in total. The van der Waals surface area contributed by atoms with Crippen LogP contribution in [-0.2, 0) is 27.1 Å². The van der Waals surface area contributed by atoms with Crippen molar-refractivity contribution in [1.82, 2.24) is 18.9 Å². The Morgan fingerprint density at radius 2 is 1.68 bits per heavy atom. The molecule has 50 heavy (non-hydrogen) atoms. The van der Waals surface area contributed by atoms with Crippen LogP contribution >= 0.6 is 23.2 Å². The fraction of sp³-hybridized carbons (Fsp3) is 0.308. The summed E-state index contributed by atoms with van der Waals surface area (Å²) in [7, 11) is 3.80. The highest BCUT2D eigenvalue weighted by atomic mass is 35.5. The Labute approximate surface area is 300 Å². The quantitative estimate of drug-likeness (QED) is 0.159. The molecule has 0 aliphatic carbocycles. The van der Waals surface area contributed by atoms with E-state index in [2.05, 4.69) is 4.57 Å². The van der Waals surface area contributed by atoms with Gasteiger partial charge in [0, 0.05) is 66.0 Å². The molecule has 1 aliphatic rings. The third-order valence-electron chi connectivity index (χ3n) is 10.0. The molecule has 4 heterocycles. The number of aryl methyl sites for hydroxylation is 7. The molecule has 7 rings (SSSR count). The highest BCUT2D eigenvalue weighted by Crippen LogP contribution is 2.43. The number of carboxylic acids is 1. The van der Waals surface area contributed by atoms with Gasteiger partial charge < -0.3 is 23.9 Å². The van der Waals surface area contributed by atoms with Crippen molar-refractivity contribution in [2.24, 2.45) is 14.1 Å². The Balaban J connectivity index is 1.36. The molecule has 6 aromatic rings. The van der Waals surface area contributed by atoms with Gasteiger partial charge in [-0.2, -0.15) is 5.10 Å². The molecule has 1 aliphatic heterocycles. The third kappa shape index (κ3) is 5.53. The van der Waals surface area contributed by atoms with Crippen molar-refractivity contribution in [1.29, 1.82) is 0 Å². The number of anilines is 1. The molecule has 0 bridgehead atoms. The molecular formula is C39H39Cl2N5O4. The van der Waals surface area contributed by atoms with Crippen molar-refractivity contribution in [3.8, 4) is 16.9 Å². The predicted octanol–water partition coefficient (Wildman–Crippen LogP) is 8.83. The molecule has 0 spiro atoms. The number of fused-ring (bicyclic) bond motifs is 4. The second kappa shape index (κ2) is 12.9. The van der Waals surface area contributed by atoms with Crippen molar-refractivity contribution in [2.75, 3.05) is 18.1 Å².